The van der Waals surface area contributed by atoms with Gasteiger partial charge in [0.2, 0.25) is 5.91 Å². The Bertz CT molecular complexity index is 1090. The number of fused-ring (bicyclic) bond motifs is 1. The van der Waals surface area contributed by atoms with E-state index in [-0.39, 0.29) is 5.91 Å². The third-order valence-corrected chi connectivity index (χ3v) is 5.76. The van der Waals surface area contributed by atoms with E-state index < -0.39 is 5.76 Å². The Morgan fingerprint density at radius 1 is 1.06 bits per heavy atom. The molecule has 0 bridgehead atoms. The van der Waals surface area contributed by atoms with Crippen LogP contribution in [0, 0.1) is 0 Å². The van der Waals surface area contributed by atoms with Gasteiger partial charge in [0.05, 0.1) is 12.6 Å². The Labute approximate surface area is 181 Å². The lowest BCUT2D eigenvalue weighted by atomic mass is 10.2. The number of methoxy groups -OCH3 is 1. The maximum absolute atomic E-state index is 12.4. The highest BCUT2D eigenvalue weighted by atomic mass is 16.5. The minimum Gasteiger partial charge on any atom is -0.497 e. The van der Waals surface area contributed by atoms with E-state index in [2.05, 4.69) is 27.2 Å². The minimum atomic E-state index is -0.412. The van der Waals surface area contributed by atoms with Crippen LogP contribution >= 0.6 is 0 Å². The normalized spacial score (nSPS) is 15.3. The van der Waals surface area contributed by atoms with E-state index in [0.29, 0.717) is 23.2 Å². The second kappa shape index (κ2) is 9.36. The molecule has 164 valence electrons. The molecule has 1 fully saturated rings. The van der Waals surface area contributed by atoms with Crippen molar-refractivity contribution in [3.8, 4) is 5.75 Å². The van der Waals surface area contributed by atoms with Crippen LogP contribution in [0.25, 0.3) is 11.1 Å². The van der Waals surface area contributed by atoms with Crippen molar-refractivity contribution >= 4 is 22.7 Å². The third-order valence-electron chi connectivity index (χ3n) is 5.76. The lowest BCUT2D eigenvalue weighted by Gasteiger charge is -2.34. The summed E-state index contributed by atoms with van der Waals surface area (Å²) in [6.45, 7) is 5.52. The second-order valence-electron chi connectivity index (χ2n) is 7.87. The molecule has 2 heterocycles. The monoisotopic (exact) mass is 424 g/mol. The molecule has 1 N–H and O–H groups in total. The fourth-order valence-corrected chi connectivity index (χ4v) is 3.85. The van der Waals surface area contributed by atoms with Gasteiger partial charge in [-0.2, -0.15) is 0 Å². The van der Waals surface area contributed by atoms with E-state index in [1.54, 1.807) is 32.4 Å². The summed E-state index contributed by atoms with van der Waals surface area (Å²) < 4.78 is 11.8. The summed E-state index contributed by atoms with van der Waals surface area (Å²) in [6.07, 6.45) is 0.426. The lowest BCUT2D eigenvalue weighted by Crippen LogP contribution is -2.46. The van der Waals surface area contributed by atoms with Crippen LogP contribution in [0.4, 0.5) is 5.69 Å². The van der Waals surface area contributed by atoms with Crippen molar-refractivity contribution in [2.24, 2.45) is 7.05 Å². The Morgan fingerprint density at radius 2 is 1.77 bits per heavy atom. The Kier molecular flexibility index (Phi) is 6.39. The van der Waals surface area contributed by atoms with E-state index in [1.165, 1.54) is 10.1 Å². The van der Waals surface area contributed by atoms with Crippen LogP contribution in [-0.4, -0.2) is 60.1 Å². The molecule has 1 aliphatic heterocycles. The first-order valence-corrected chi connectivity index (χ1v) is 10.5. The number of carbonyl (C=O) groups is 1. The second-order valence-corrected chi connectivity index (χ2v) is 7.87. The van der Waals surface area contributed by atoms with Crippen molar-refractivity contribution in [1.29, 1.82) is 0 Å². The molecule has 0 atom stereocenters. The van der Waals surface area contributed by atoms with E-state index in [1.807, 2.05) is 12.1 Å². The number of rotatable bonds is 7. The van der Waals surface area contributed by atoms with Crippen molar-refractivity contribution in [1.82, 2.24) is 14.4 Å². The summed E-state index contributed by atoms with van der Waals surface area (Å²) in [7, 11) is 3.33. The molecule has 0 spiro atoms. The quantitative estimate of drug-likeness (QED) is 0.627. The van der Waals surface area contributed by atoms with E-state index in [4.69, 9.17) is 9.15 Å². The zero-order valence-corrected chi connectivity index (χ0v) is 18.0. The number of nitrogens with one attached hydrogen (secondary N) is 1. The Balaban J connectivity index is 1.21. The fraction of sp³-hybridized carbons (Fsp3) is 0.391. The van der Waals surface area contributed by atoms with Gasteiger partial charge >= 0.3 is 5.76 Å². The molecule has 31 heavy (non-hydrogen) atoms. The van der Waals surface area contributed by atoms with Crippen molar-refractivity contribution in [2.45, 2.75) is 13.0 Å². The number of anilines is 1. The topological polar surface area (TPSA) is 80.0 Å². The SMILES string of the molecule is COc1ccc(CN2CCN(CCC(=O)Nc3ccc4c(c3)oc(=O)n4C)CC2)cc1. The summed E-state index contributed by atoms with van der Waals surface area (Å²) >= 11 is 0. The average Bonchev–Trinajstić information content (AvgIpc) is 3.06. The molecule has 8 heteroatoms. The van der Waals surface area contributed by atoms with Crippen LogP contribution in [0.15, 0.2) is 51.7 Å². The third kappa shape index (κ3) is 5.15. The Morgan fingerprint density at radius 3 is 2.48 bits per heavy atom. The molecule has 0 radical (unpaired) electrons. The first-order valence-electron chi connectivity index (χ1n) is 10.5. The van der Waals surface area contributed by atoms with Gasteiger partial charge in [-0.25, -0.2) is 4.79 Å². The predicted octanol–water partition coefficient (Wildman–Crippen LogP) is 2.29. The van der Waals surface area contributed by atoms with Gasteiger partial charge in [-0.15, -0.1) is 0 Å². The van der Waals surface area contributed by atoms with Gasteiger partial charge in [0.1, 0.15) is 5.75 Å². The number of ether oxygens (including phenoxy) is 1. The molecule has 0 saturated carbocycles. The highest BCUT2D eigenvalue weighted by Crippen LogP contribution is 2.18. The molecule has 1 aromatic heterocycles. The number of oxazole rings is 1. The molecule has 2 aromatic carbocycles. The highest BCUT2D eigenvalue weighted by molar-refractivity contribution is 5.92. The van der Waals surface area contributed by atoms with Crippen LogP contribution in [0.3, 0.4) is 0 Å². The number of hydrogen-bond donors (Lipinski definition) is 1. The number of benzene rings is 2. The van der Waals surface area contributed by atoms with Crippen LogP contribution in [0.5, 0.6) is 5.75 Å². The summed E-state index contributed by atoms with van der Waals surface area (Å²) in [6, 6.07) is 13.4. The Hall–Kier alpha value is -3.10. The average molecular weight is 425 g/mol. The smallest absolute Gasteiger partial charge is 0.419 e. The van der Waals surface area contributed by atoms with Crippen LogP contribution < -0.4 is 15.8 Å². The van der Waals surface area contributed by atoms with E-state index >= 15 is 0 Å². The molecular weight excluding hydrogens is 396 g/mol. The van der Waals surface area contributed by atoms with Gasteiger partial charge in [0, 0.05) is 64.5 Å². The van der Waals surface area contributed by atoms with Crippen molar-refractivity contribution in [2.75, 3.05) is 45.2 Å². The first-order chi connectivity index (χ1) is 15.0. The van der Waals surface area contributed by atoms with E-state index in [9.17, 15) is 9.59 Å². The van der Waals surface area contributed by atoms with Crippen molar-refractivity contribution in [3.05, 3.63) is 58.6 Å². The molecule has 3 aromatic rings. The van der Waals surface area contributed by atoms with Gasteiger partial charge < -0.3 is 19.4 Å². The van der Waals surface area contributed by atoms with Crippen LogP contribution in [0.2, 0.25) is 0 Å². The number of piperazine rings is 1. The highest BCUT2D eigenvalue weighted by Gasteiger charge is 2.18. The molecular formula is C23H28N4O4. The number of hydrogen-bond acceptors (Lipinski definition) is 6. The van der Waals surface area contributed by atoms with Crippen molar-refractivity contribution < 1.29 is 13.9 Å². The largest absolute Gasteiger partial charge is 0.497 e. The molecule has 8 nitrogen and oxygen atoms in total. The number of aromatic nitrogens is 1. The summed E-state index contributed by atoms with van der Waals surface area (Å²) in [5.41, 5.74) is 3.09. The van der Waals surface area contributed by atoms with Crippen LogP contribution in [-0.2, 0) is 18.4 Å². The maximum atomic E-state index is 12.4. The van der Waals surface area contributed by atoms with Gasteiger partial charge in [0.15, 0.2) is 5.58 Å². The number of carbonyl (C=O) groups excluding carboxylic acids is 1. The van der Waals surface area contributed by atoms with Crippen molar-refractivity contribution in [3.63, 3.8) is 0 Å². The first kappa shape index (κ1) is 21.1. The molecule has 0 unspecified atom stereocenters. The van der Waals surface area contributed by atoms with Gasteiger partial charge in [-0.3, -0.25) is 14.3 Å². The summed E-state index contributed by atoms with van der Waals surface area (Å²) in [5, 5.41) is 2.90. The zero-order chi connectivity index (χ0) is 21.8. The maximum Gasteiger partial charge on any atom is 0.419 e. The van der Waals surface area contributed by atoms with Gasteiger partial charge in [-0.05, 0) is 29.8 Å². The standard InChI is InChI=1S/C23H28N4O4/c1-25-20-8-5-18(15-21(20)31-23(25)29)24-22(28)9-10-26-11-13-27(14-12-26)16-17-3-6-19(30-2)7-4-17/h3-8,15H,9-14,16H2,1-2H3,(H,24,28). The molecule has 1 saturated heterocycles. The molecule has 1 amide bonds. The predicted molar refractivity (Wildman–Crippen MR) is 119 cm³/mol. The number of nitrogens with zero attached hydrogens (tertiary/aromatic N) is 3. The summed E-state index contributed by atoms with van der Waals surface area (Å²) in [4.78, 5) is 28.7. The van der Waals surface area contributed by atoms with E-state index in [0.717, 1.165) is 45.0 Å². The molecule has 0 aliphatic carbocycles. The number of amides is 1. The minimum absolute atomic E-state index is 0.0432. The van der Waals surface area contributed by atoms with Crippen LogP contribution in [0.1, 0.15) is 12.0 Å². The molecule has 4 rings (SSSR count). The molecule has 1 aliphatic rings. The zero-order valence-electron chi connectivity index (χ0n) is 18.0. The number of aryl methyl sites for hydroxylation is 1. The summed E-state index contributed by atoms with van der Waals surface area (Å²) in [5.74, 6) is 0.419. The lowest BCUT2D eigenvalue weighted by molar-refractivity contribution is -0.116. The van der Waals surface area contributed by atoms with Gasteiger partial charge in [0.25, 0.3) is 0 Å². The van der Waals surface area contributed by atoms with Gasteiger partial charge in [-0.1, -0.05) is 12.1 Å². The fourth-order valence-electron chi connectivity index (χ4n) is 3.85.